The molecule has 9 nitrogen and oxygen atoms in total. The maximum absolute atomic E-state index is 14.1. The van der Waals surface area contributed by atoms with Crippen LogP contribution in [0.3, 0.4) is 0 Å². The van der Waals surface area contributed by atoms with Gasteiger partial charge in [0.25, 0.3) is 0 Å². The second-order valence-corrected chi connectivity index (χ2v) is 11.3. The average molecular weight is 568 g/mol. The van der Waals surface area contributed by atoms with Gasteiger partial charge in [0, 0.05) is 25.6 Å². The molecular weight excluding hydrogens is 530 g/mol. The highest BCUT2D eigenvalue weighted by Crippen LogP contribution is 2.33. The van der Waals surface area contributed by atoms with E-state index in [-0.39, 0.29) is 30.3 Å². The van der Waals surface area contributed by atoms with Gasteiger partial charge in [0.2, 0.25) is 21.8 Å². The quantitative estimate of drug-likeness (QED) is 0.339. The lowest BCUT2D eigenvalue weighted by Crippen LogP contribution is -2.53. The van der Waals surface area contributed by atoms with E-state index in [2.05, 4.69) is 5.32 Å². The number of likely N-dealkylation sites (N-methyl/N-ethyl adjacent to an activating group) is 1. The van der Waals surface area contributed by atoms with Crippen LogP contribution in [-0.4, -0.2) is 64.7 Å². The molecule has 3 aromatic rings. The highest BCUT2D eigenvalue weighted by molar-refractivity contribution is 7.92. The molecule has 0 radical (unpaired) electrons. The van der Waals surface area contributed by atoms with E-state index < -0.39 is 28.5 Å². The summed E-state index contributed by atoms with van der Waals surface area (Å²) in [6.45, 7) is 3.75. The number of anilines is 1. The Kier molecular flexibility index (Phi) is 10.6. The van der Waals surface area contributed by atoms with Gasteiger partial charge in [0.05, 0.1) is 26.2 Å². The number of carbonyl (C=O) groups excluding carboxylic acids is 2. The van der Waals surface area contributed by atoms with Crippen LogP contribution in [0.1, 0.15) is 23.6 Å². The summed E-state index contributed by atoms with van der Waals surface area (Å²) in [6.07, 6.45) is 1.29. The van der Waals surface area contributed by atoms with E-state index >= 15 is 0 Å². The van der Waals surface area contributed by atoms with E-state index in [0.29, 0.717) is 12.3 Å². The van der Waals surface area contributed by atoms with Crippen molar-refractivity contribution in [2.45, 2.75) is 32.9 Å². The first-order chi connectivity index (χ1) is 19.1. The molecule has 10 heteroatoms. The number of carbonyl (C=O) groups is 2. The van der Waals surface area contributed by atoms with Gasteiger partial charge in [-0.2, -0.15) is 0 Å². The molecule has 3 aromatic carbocycles. The summed E-state index contributed by atoms with van der Waals surface area (Å²) in [5.74, 6) is -0.149. The standard InChI is InChI=1S/C30H37N3O6S/c1-6-31-30(35)27(18-23-10-8-7-9-11-23)32(20-24-14-12-22(2)13-15-24)29(34)21-33(40(5,36)37)26-17-16-25(38-3)19-28(26)39-4/h7-17,19,27H,6,18,20-21H2,1-5H3,(H,31,35). The number of benzene rings is 3. The van der Waals surface area contributed by atoms with Gasteiger partial charge in [0.1, 0.15) is 24.1 Å². The highest BCUT2D eigenvalue weighted by atomic mass is 32.2. The summed E-state index contributed by atoms with van der Waals surface area (Å²) in [4.78, 5) is 28.9. The van der Waals surface area contributed by atoms with Crippen LogP contribution in [0.25, 0.3) is 0 Å². The average Bonchev–Trinajstić information content (AvgIpc) is 2.94. The normalized spacial score (nSPS) is 11.8. The summed E-state index contributed by atoms with van der Waals surface area (Å²) in [5.41, 5.74) is 2.93. The third-order valence-corrected chi connectivity index (χ3v) is 7.56. The van der Waals surface area contributed by atoms with Crippen molar-refractivity contribution in [1.82, 2.24) is 10.2 Å². The molecule has 0 aliphatic heterocycles. The Hall–Kier alpha value is -4.05. The Bertz CT molecular complexity index is 1390. The summed E-state index contributed by atoms with van der Waals surface area (Å²) in [7, 11) is -1.03. The number of hydrogen-bond donors (Lipinski definition) is 1. The fraction of sp³-hybridized carbons (Fsp3) is 0.333. The molecule has 40 heavy (non-hydrogen) atoms. The summed E-state index contributed by atoms with van der Waals surface area (Å²) >= 11 is 0. The number of rotatable bonds is 13. The Balaban J connectivity index is 2.07. The molecule has 1 N–H and O–H groups in total. The minimum absolute atomic E-state index is 0.116. The first-order valence-corrected chi connectivity index (χ1v) is 14.8. The number of nitrogens with one attached hydrogen (secondary N) is 1. The van der Waals surface area contributed by atoms with Crippen molar-refractivity contribution in [3.63, 3.8) is 0 Å². The van der Waals surface area contributed by atoms with Crippen LogP contribution in [0.4, 0.5) is 5.69 Å². The molecule has 0 aliphatic carbocycles. The molecule has 1 atom stereocenters. The van der Waals surface area contributed by atoms with Crippen molar-refractivity contribution >= 4 is 27.5 Å². The van der Waals surface area contributed by atoms with E-state index in [1.54, 1.807) is 12.1 Å². The van der Waals surface area contributed by atoms with E-state index in [1.165, 1.54) is 25.2 Å². The Morgan fingerprint density at radius 1 is 0.925 bits per heavy atom. The van der Waals surface area contributed by atoms with E-state index in [1.807, 2.05) is 68.4 Å². The maximum atomic E-state index is 14.1. The lowest BCUT2D eigenvalue weighted by Gasteiger charge is -2.33. The Morgan fingerprint density at radius 2 is 1.60 bits per heavy atom. The van der Waals surface area contributed by atoms with Gasteiger partial charge in [-0.1, -0.05) is 60.2 Å². The molecule has 3 rings (SSSR count). The Morgan fingerprint density at radius 3 is 2.17 bits per heavy atom. The van der Waals surface area contributed by atoms with Crippen molar-refractivity contribution in [2.75, 3.05) is 37.9 Å². The van der Waals surface area contributed by atoms with Gasteiger partial charge < -0.3 is 19.7 Å². The highest BCUT2D eigenvalue weighted by Gasteiger charge is 2.33. The molecule has 0 aliphatic rings. The van der Waals surface area contributed by atoms with Crippen molar-refractivity contribution in [2.24, 2.45) is 0 Å². The molecule has 214 valence electrons. The maximum Gasteiger partial charge on any atom is 0.244 e. The van der Waals surface area contributed by atoms with Crippen molar-refractivity contribution < 1.29 is 27.5 Å². The molecule has 0 saturated carbocycles. The van der Waals surface area contributed by atoms with Gasteiger partial charge in [-0.25, -0.2) is 8.42 Å². The number of methoxy groups -OCH3 is 2. The largest absolute Gasteiger partial charge is 0.497 e. The SMILES string of the molecule is CCNC(=O)C(Cc1ccccc1)N(Cc1ccc(C)cc1)C(=O)CN(c1ccc(OC)cc1OC)S(C)(=O)=O. The van der Waals surface area contributed by atoms with Crippen LogP contribution in [0, 0.1) is 6.92 Å². The van der Waals surface area contributed by atoms with Crippen molar-refractivity contribution in [3.05, 3.63) is 89.5 Å². The van der Waals surface area contributed by atoms with Crippen LogP contribution >= 0.6 is 0 Å². The molecule has 0 aromatic heterocycles. The van der Waals surface area contributed by atoms with Crippen LogP contribution < -0.4 is 19.1 Å². The van der Waals surface area contributed by atoms with Crippen LogP contribution in [0.5, 0.6) is 11.5 Å². The second kappa shape index (κ2) is 13.8. The van der Waals surface area contributed by atoms with Gasteiger partial charge in [-0.15, -0.1) is 0 Å². The molecule has 0 bridgehead atoms. The molecular formula is C30H37N3O6S. The molecule has 1 unspecified atom stereocenters. The predicted molar refractivity (Wildman–Crippen MR) is 156 cm³/mol. The fourth-order valence-corrected chi connectivity index (χ4v) is 5.17. The summed E-state index contributed by atoms with van der Waals surface area (Å²) in [6, 6.07) is 20.9. The summed E-state index contributed by atoms with van der Waals surface area (Å²) in [5, 5.41) is 2.84. The lowest BCUT2D eigenvalue weighted by atomic mass is 10.0. The number of amides is 2. The number of sulfonamides is 1. The zero-order valence-electron chi connectivity index (χ0n) is 23.6. The van der Waals surface area contributed by atoms with Crippen LogP contribution in [-0.2, 0) is 32.6 Å². The molecule has 0 fully saturated rings. The monoisotopic (exact) mass is 567 g/mol. The van der Waals surface area contributed by atoms with Gasteiger partial charge in [-0.3, -0.25) is 13.9 Å². The molecule has 2 amide bonds. The van der Waals surface area contributed by atoms with E-state index in [0.717, 1.165) is 27.3 Å². The minimum atomic E-state index is -3.93. The lowest BCUT2D eigenvalue weighted by molar-refractivity contribution is -0.140. The smallest absolute Gasteiger partial charge is 0.244 e. The Labute approximate surface area is 236 Å². The zero-order valence-corrected chi connectivity index (χ0v) is 24.4. The topological polar surface area (TPSA) is 105 Å². The van der Waals surface area contributed by atoms with E-state index in [9.17, 15) is 18.0 Å². The number of ether oxygens (including phenoxy) is 2. The number of hydrogen-bond acceptors (Lipinski definition) is 6. The predicted octanol–water partition coefficient (Wildman–Crippen LogP) is 3.55. The zero-order chi connectivity index (χ0) is 29.3. The van der Waals surface area contributed by atoms with E-state index in [4.69, 9.17) is 9.47 Å². The minimum Gasteiger partial charge on any atom is -0.497 e. The molecule has 0 spiro atoms. The number of nitrogens with zero attached hydrogens (tertiary/aromatic N) is 2. The summed E-state index contributed by atoms with van der Waals surface area (Å²) < 4.78 is 37.7. The van der Waals surface area contributed by atoms with Gasteiger partial charge in [0.15, 0.2) is 0 Å². The van der Waals surface area contributed by atoms with Crippen molar-refractivity contribution in [3.8, 4) is 11.5 Å². The fourth-order valence-electron chi connectivity index (χ4n) is 4.32. The molecule has 0 heterocycles. The molecule has 0 saturated heterocycles. The van der Waals surface area contributed by atoms with Crippen molar-refractivity contribution in [1.29, 1.82) is 0 Å². The van der Waals surface area contributed by atoms with Gasteiger partial charge in [-0.05, 0) is 37.1 Å². The first kappa shape index (κ1) is 30.5. The first-order valence-electron chi connectivity index (χ1n) is 12.9. The van der Waals surface area contributed by atoms with Crippen LogP contribution in [0.2, 0.25) is 0 Å². The third kappa shape index (κ3) is 7.98. The second-order valence-electron chi connectivity index (χ2n) is 9.41. The number of aryl methyl sites for hydroxylation is 1. The van der Waals surface area contributed by atoms with Gasteiger partial charge >= 0.3 is 0 Å². The third-order valence-electron chi connectivity index (χ3n) is 6.43. The van der Waals surface area contributed by atoms with Crippen LogP contribution in [0.15, 0.2) is 72.8 Å².